The van der Waals surface area contributed by atoms with Gasteiger partial charge in [-0.25, -0.2) is 18.4 Å². The number of benzene rings is 4. The van der Waals surface area contributed by atoms with E-state index < -0.39 is 131 Å². The number of aliphatic hydroxyl groups is 2. The molecule has 348 valence electrons. The van der Waals surface area contributed by atoms with Gasteiger partial charge in [0.1, 0.15) is 22.7 Å². The highest BCUT2D eigenvalue weighted by molar-refractivity contribution is 5.79. The SMILES string of the molecule is C[C@@H](OC[C@]1(c2ccc(F)cc2)NC(=O)N[C@@H]1O)c1cc(C(F)(F)F)cc(C(F)(F)F)c1.C[C@@H](OC[C@]1(c2ccc(F)cc2)NC(=O)N[C@H]1O)c1cc(C(F)(F)F)cc(C(F)(F)F)c1. The van der Waals surface area contributed by atoms with Crippen molar-refractivity contribution in [1.29, 1.82) is 0 Å². The second-order valence-electron chi connectivity index (χ2n) is 14.5. The fraction of sp³-hybridized carbons (Fsp3) is 0.350. The van der Waals surface area contributed by atoms with E-state index in [2.05, 4.69) is 21.3 Å². The molecular formula is C40H34F14N4O6. The van der Waals surface area contributed by atoms with Crippen LogP contribution in [-0.2, 0) is 45.3 Å². The number of hydrogen-bond donors (Lipinski definition) is 6. The molecule has 0 unspecified atom stereocenters. The number of alkyl halides is 12. The van der Waals surface area contributed by atoms with Crippen LogP contribution in [0.3, 0.4) is 0 Å². The van der Waals surface area contributed by atoms with Gasteiger partial charge in [-0.15, -0.1) is 0 Å². The molecule has 0 bridgehead atoms. The minimum atomic E-state index is -5.02. The summed E-state index contributed by atoms with van der Waals surface area (Å²) < 4.78 is 195. The molecule has 0 radical (unpaired) electrons. The molecule has 6 N–H and O–H groups in total. The molecule has 4 aromatic carbocycles. The molecule has 6 atom stereocenters. The van der Waals surface area contributed by atoms with Crippen molar-refractivity contribution in [3.05, 3.63) is 141 Å². The molecule has 0 aromatic heterocycles. The predicted octanol–water partition coefficient (Wildman–Crippen LogP) is 8.94. The van der Waals surface area contributed by atoms with Crippen LogP contribution < -0.4 is 21.3 Å². The zero-order chi connectivity index (χ0) is 47.8. The van der Waals surface area contributed by atoms with Crippen molar-refractivity contribution in [2.24, 2.45) is 0 Å². The van der Waals surface area contributed by atoms with Gasteiger partial charge >= 0.3 is 36.8 Å². The summed E-state index contributed by atoms with van der Waals surface area (Å²) in [5.41, 5.74) is -9.72. The average molecular weight is 933 g/mol. The minimum Gasteiger partial charge on any atom is -0.371 e. The zero-order valence-corrected chi connectivity index (χ0v) is 32.6. The zero-order valence-electron chi connectivity index (χ0n) is 32.6. The lowest BCUT2D eigenvalue weighted by Gasteiger charge is -2.33. The number of ether oxygens (including phenoxy) is 2. The standard InChI is InChI=1S/2C20H17F7N2O3/c2*1-10(11-6-13(19(22,23)24)8-14(7-11)20(25,26)27)32-9-18(16(30)28-17(31)29-18)12-2-4-15(21)5-3-12/h2*2-8,10,16,30H,9H2,1H3,(H2,28,29,31)/t10-,16+,18-;10-,16-,18-/m11/s1. The largest absolute Gasteiger partial charge is 0.416 e. The lowest BCUT2D eigenvalue weighted by atomic mass is 9.89. The lowest BCUT2D eigenvalue weighted by Crippen LogP contribution is -2.50. The van der Waals surface area contributed by atoms with E-state index in [0.717, 1.165) is 24.3 Å². The first-order chi connectivity index (χ1) is 29.4. The Bertz CT molecular complexity index is 2080. The number of rotatable bonds is 10. The second kappa shape index (κ2) is 18.0. The molecule has 2 aliphatic heterocycles. The van der Waals surface area contributed by atoms with Crippen molar-refractivity contribution >= 4 is 12.1 Å². The van der Waals surface area contributed by atoms with Gasteiger partial charge in [0.05, 0.1) is 47.7 Å². The third kappa shape index (κ3) is 11.1. The Morgan fingerprint density at radius 1 is 0.516 bits per heavy atom. The van der Waals surface area contributed by atoms with Crippen LogP contribution in [0.15, 0.2) is 84.9 Å². The van der Waals surface area contributed by atoms with Gasteiger partial charge in [-0.1, -0.05) is 24.3 Å². The first-order valence-electron chi connectivity index (χ1n) is 18.3. The van der Waals surface area contributed by atoms with Crippen molar-refractivity contribution in [2.45, 2.75) is 74.3 Å². The highest BCUT2D eigenvalue weighted by atomic mass is 19.4. The Morgan fingerprint density at radius 3 is 1.00 bits per heavy atom. The number of aliphatic hydroxyl groups excluding tert-OH is 2. The minimum absolute atomic E-state index is 0.00109. The van der Waals surface area contributed by atoms with Crippen LogP contribution in [0.25, 0.3) is 0 Å². The summed E-state index contributed by atoms with van der Waals surface area (Å²) in [6, 6.07) is 9.79. The van der Waals surface area contributed by atoms with Gasteiger partial charge in [0.2, 0.25) is 0 Å². The van der Waals surface area contributed by atoms with Crippen molar-refractivity contribution < 1.29 is 90.7 Å². The quantitative estimate of drug-likeness (QED) is 0.0879. The molecule has 2 heterocycles. The number of hydrogen-bond acceptors (Lipinski definition) is 6. The van der Waals surface area contributed by atoms with E-state index in [9.17, 15) is 81.3 Å². The van der Waals surface area contributed by atoms with Crippen LogP contribution in [0.1, 0.15) is 70.6 Å². The normalized spacial score (nSPS) is 22.4. The molecule has 2 fully saturated rings. The lowest BCUT2D eigenvalue weighted by molar-refractivity contribution is -0.145. The summed E-state index contributed by atoms with van der Waals surface area (Å²) in [7, 11) is 0. The molecule has 2 saturated heterocycles. The first-order valence-corrected chi connectivity index (χ1v) is 18.3. The van der Waals surface area contributed by atoms with Gasteiger partial charge in [-0.3, -0.25) is 0 Å². The smallest absolute Gasteiger partial charge is 0.371 e. The van der Waals surface area contributed by atoms with Crippen LogP contribution in [0, 0.1) is 11.6 Å². The molecule has 0 spiro atoms. The van der Waals surface area contributed by atoms with Gasteiger partial charge < -0.3 is 41.0 Å². The number of amides is 4. The van der Waals surface area contributed by atoms with Crippen LogP contribution in [-0.4, -0.2) is 47.9 Å². The molecule has 2 aliphatic rings. The van der Waals surface area contributed by atoms with Crippen LogP contribution in [0.4, 0.5) is 71.1 Å². The maximum atomic E-state index is 13.3. The highest BCUT2D eigenvalue weighted by Crippen LogP contribution is 2.41. The summed E-state index contributed by atoms with van der Waals surface area (Å²) in [6.45, 7) is 1.36. The van der Waals surface area contributed by atoms with E-state index in [4.69, 9.17) is 9.47 Å². The number of carbonyl (C=O) groups is 2. The van der Waals surface area contributed by atoms with E-state index >= 15 is 0 Å². The molecule has 6 rings (SSSR count). The second-order valence-corrected chi connectivity index (χ2v) is 14.5. The fourth-order valence-electron chi connectivity index (χ4n) is 6.59. The number of nitrogens with one attached hydrogen (secondary N) is 4. The van der Waals surface area contributed by atoms with Crippen molar-refractivity contribution in [3.8, 4) is 0 Å². The predicted molar refractivity (Wildman–Crippen MR) is 193 cm³/mol. The topological polar surface area (TPSA) is 141 Å². The third-order valence-corrected chi connectivity index (χ3v) is 10.1. The van der Waals surface area contributed by atoms with E-state index in [-0.39, 0.29) is 23.3 Å². The van der Waals surface area contributed by atoms with Gasteiger partial charge in [0.25, 0.3) is 0 Å². The maximum absolute atomic E-state index is 13.3. The van der Waals surface area contributed by atoms with E-state index in [0.29, 0.717) is 24.3 Å². The Labute approximate surface area is 352 Å². The van der Waals surface area contributed by atoms with Crippen LogP contribution in [0.5, 0.6) is 0 Å². The summed E-state index contributed by atoms with van der Waals surface area (Å²) >= 11 is 0. The average Bonchev–Trinajstić information content (AvgIpc) is 3.67. The molecule has 10 nitrogen and oxygen atoms in total. The van der Waals surface area contributed by atoms with Gasteiger partial charge in [-0.2, -0.15) is 52.7 Å². The maximum Gasteiger partial charge on any atom is 0.416 e. The van der Waals surface area contributed by atoms with Crippen LogP contribution >= 0.6 is 0 Å². The van der Waals surface area contributed by atoms with Crippen molar-refractivity contribution in [1.82, 2.24) is 21.3 Å². The van der Waals surface area contributed by atoms with Crippen molar-refractivity contribution in [2.75, 3.05) is 13.2 Å². The van der Waals surface area contributed by atoms with Gasteiger partial charge in [-0.05, 0) is 96.8 Å². The molecule has 24 heteroatoms. The van der Waals surface area contributed by atoms with E-state index in [1.165, 1.54) is 38.1 Å². The molecule has 4 aromatic rings. The summed E-state index contributed by atoms with van der Waals surface area (Å²) in [5.74, 6) is -1.21. The number of carbonyl (C=O) groups excluding carboxylic acids is 2. The summed E-state index contributed by atoms with van der Waals surface area (Å²) in [4.78, 5) is 23.5. The number of halogens is 14. The molecule has 4 amide bonds. The summed E-state index contributed by atoms with van der Waals surface area (Å²) in [5, 5.41) is 29.9. The Balaban J connectivity index is 0.000000241. The Hall–Kier alpha value is -5.72. The van der Waals surface area contributed by atoms with Gasteiger partial charge in [0, 0.05) is 0 Å². The van der Waals surface area contributed by atoms with E-state index in [1.807, 2.05) is 0 Å². The van der Waals surface area contributed by atoms with E-state index in [1.54, 1.807) is 0 Å². The Kier molecular flexibility index (Phi) is 13.9. The monoisotopic (exact) mass is 932 g/mol. The molecular weight excluding hydrogens is 898 g/mol. The molecule has 0 aliphatic carbocycles. The van der Waals surface area contributed by atoms with Gasteiger partial charge in [0.15, 0.2) is 12.5 Å². The Morgan fingerprint density at radius 2 is 0.781 bits per heavy atom. The van der Waals surface area contributed by atoms with Crippen LogP contribution in [0.2, 0.25) is 0 Å². The molecule has 64 heavy (non-hydrogen) atoms. The number of urea groups is 2. The third-order valence-electron chi connectivity index (χ3n) is 10.1. The summed E-state index contributed by atoms with van der Waals surface area (Å²) in [6.07, 6.45) is -25.8. The van der Waals surface area contributed by atoms with Crippen molar-refractivity contribution in [3.63, 3.8) is 0 Å². The molecule has 0 saturated carbocycles. The first kappa shape index (κ1) is 49.3. The highest BCUT2D eigenvalue weighted by Gasteiger charge is 2.50. The fourth-order valence-corrected chi connectivity index (χ4v) is 6.59.